The van der Waals surface area contributed by atoms with Crippen LogP contribution in [0.25, 0.3) is 5.57 Å². The summed E-state index contributed by atoms with van der Waals surface area (Å²) in [6.07, 6.45) is 0.498. The summed E-state index contributed by atoms with van der Waals surface area (Å²) in [6, 6.07) is 5.36. The molecule has 112 valence electrons. The molecule has 0 bridgehead atoms. The van der Waals surface area contributed by atoms with E-state index in [2.05, 4.69) is 0 Å². The van der Waals surface area contributed by atoms with E-state index < -0.39 is 0 Å². The van der Waals surface area contributed by atoms with Gasteiger partial charge in [0.2, 0.25) is 0 Å². The minimum Gasteiger partial charge on any atom is -0.296 e. The molecule has 1 aliphatic heterocycles. The average Bonchev–Trinajstić information content (AvgIpc) is 2.92. The summed E-state index contributed by atoms with van der Waals surface area (Å²) in [6.45, 7) is 0. The summed E-state index contributed by atoms with van der Waals surface area (Å²) < 4.78 is 0.468. The van der Waals surface area contributed by atoms with Gasteiger partial charge in [-0.1, -0.05) is 47.7 Å². The number of allylic oxidation sites excluding steroid dienone is 1. The highest BCUT2D eigenvalue weighted by atomic mass is 35.5. The van der Waals surface area contributed by atoms with Crippen LogP contribution in [0.1, 0.15) is 11.1 Å². The molecule has 1 heterocycles. The van der Waals surface area contributed by atoms with E-state index in [-0.39, 0.29) is 24.3 Å². The third-order valence-corrected chi connectivity index (χ3v) is 5.10. The van der Waals surface area contributed by atoms with E-state index in [9.17, 15) is 9.59 Å². The van der Waals surface area contributed by atoms with E-state index in [0.29, 0.717) is 19.8 Å². The van der Waals surface area contributed by atoms with E-state index in [1.807, 2.05) is 6.07 Å². The van der Waals surface area contributed by atoms with Crippen molar-refractivity contribution in [2.75, 3.05) is 7.05 Å². The molecule has 1 aliphatic carbocycles. The minimum atomic E-state index is -0.217. The lowest BCUT2D eigenvalue weighted by Gasteiger charge is -2.05. The van der Waals surface area contributed by atoms with Gasteiger partial charge in [0.15, 0.2) is 5.78 Å². The molecular formula is C14H8ClNO4S2. The smallest absolute Gasteiger partial charge is 0.296 e. The van der Waals surface area contributed by atoms with Crippen molar-refractivity contribution in [3.63, 3.8) is 0 Å². The van der Waals surface area contributed by atoms with Gasteiger partial charge in [0.25, 0.3) is 5.91 Å². The number of carbonyl (C=O) groups is 2. The molecule has 0 spiro atoms. The van der Waals surface area contributed by atoms with Crippen LogP contribution >= 0.6 is 35.6 Å². The fourth-order valence-electron chi connectivity index (χ4n) is 2.21. The van der Waals surface area contributed by atoms with Crippen LogP contribution in [0.4, 0.5) is 0 Å². The maximum Gasteiger partial charge on any atom is 0.373 e. The Labute approximate surface area is 140 Å². The number of ketones is 1. The van der Waals surface area contributed by atoms with Crippen LogP contribution in [-0.4, -0.2) is 34.1 Å². The van der Waals surface area contributed by atoms with Crippen LogP contribution in [0, 0.1) is 0 Å². The zero-order chi connectivity index (χ0) is 16.4. The van der Waals surface area contributed by atoms with Gasteiger partial charge in [-0.25, -0.2) is 0 Å². The summed E-state index contributed by atoms with van der Waals surface area (Å²) in [4.78, 5) is 42.4. The number of halogens is 1. The van der Waals surface area contributed by atoms with Gasteiger partial charge in [-0.2, -0.15) is 9.59 Å². The molecule has 1 aromatic carbocycles. The molecule has 2 aliphatic rings. The summed E-state index contributed by atoms with van der Waals surface area (Å²) in [5.74, 6) is -0.289. The van der Waals surface area contributed by atoms with Crippen LogP contribution < -0.4 is 0 Å². The molecular weight excluding hydrogens is 346 g/mol. The Hall–Kier alpha value is -1.79. The molecule has 0 aromatic heterocycles. The number of thiocarbonyl (C=S) groups is 1. The number of hydrogen-bond donors (Lipinski definition) is 0. The number of thioether (sulfide) groups is 1. The first kappa shape index (κ1) is 16.6. The number of carbonyl (C=O) groups excluding carboxylic acids is 4. The van der Waals surface area contributed by atoms with Gasteiger partial charge in [0, 0.05) is 24.1 Å². The van der Waals surface area contributed by atoms with Gasteiger partial charge in [-0.15, -0.1) is 0 Å². The molecule has 0 saturated carbocycles. The van der Waals surface area contributed by atoms with Crippen molar-refractivity contribution >= 4 is 63.3 Å². The Bertz CT molecular complexity index is 766. The molecule has 22 heavy (non-hydrogen) atoms. The SMILES string of the molecule is CN1C(=O)/C(=C2/C(=O)Cc3c(Cl)cccc32)SC1=S.O=C=O. The molecule has 1 fully saturated rings. The van der Waals surface area contributed by atoms with Crippen molar-refractivity contribution in [2.45, 2.75) is 6.42 Å². The van der Waals surface area contributed by atoms with Gasteiger partial charge in [-0.05, 0) is 17.2 Å². The maximum atomic E-state index is 12.2. The van der Waals surface area contributed by atoms with Crippen LogP contribution in [0.3, 0.4) is 0 Å². The Morgan fingerprint density at radius 3 is 2.50 bits per heavy atom. The lowest BCUT2D eigenvalue weighted by molar-refractivity contribution is -0.191. The monoisotopic (exact) mass is 353 g/mol. The molecule has 1 amide bonds. The zero-order valence-electron chi connectivity index (χ0n) is 11.2. The summed E-state index contributed by atoms with van der Waals surface area (Å²) >= 11 is 12.4. The van der Waals surface area contributed by atoms with E-state index in [4.69, 9.17) is 33.4 Å². The van der Waals surface area contributed by atoms with Gasteiger partial charge in [0.1, 0.15) is 4.32 Å². The first-order valence-electron chi connectivity index (χ1n) is 5.96. The Morgan fingerprint density at radius 2 is 1.95 bits per heavy atom. The van der Waals surface area contributed by atoms with Crippen molar-refractivity contribution in [3.05, 3.63) is 39.3 Å². The Morgan fingerprint density at radius 1 is 1.32 bits per heavy atom. The Balaban J connectivity index is 0.000000545. The van der Waals surface area contributed by atoms with Crippen molar-refractivity contribution < 1.29 is 19.2 Å². The predicted molar refractivity (Wildman–Crippen MR) is 85.0 cm³/mol. The standard InChI is InChI=1S/C13H8ClNO2S2.CO2/c1-15-12(17)11(19-13(15)18)10-6-3-2-4-8(14)7(6)5-9(10)16;2-1-3/h2-4H,5H2,1H3;/b11-10-;. The van der Waals surface area contributed by atoms with Crippen molar-refractivity contribution in [3.8, 4) is 0 Å². The normalized spacial score (nSPS) is 19.7. The van der Waals surface area contributed by atoms with Crippen molar-refractivity contribution in [2.24, 2.45) is 0 Å². The quantitative estimate of drug-likeness (QED) is 0.525. The fraction of sp³-hybridized carbons (Fsp3) is 0.143. The van der Waals surface area contributed by atoms with Crippen LogP contribution in [0.2, 0.25) is 5.02 Å². The maximum absolute atomic E-state index is 12.2. The highest BCUT2D eigenvalue weighted by molar-refractivity contribution is 8.26. The third-order valence-electron chi connectivity index (χ3n) is 3.19. The summed E-state index contributed by atoms with van der Waals surface area (Å²) in [5.41, 5.74) is 2.01. The molecule has 1 saturated heterocycles. The third kappa shape index (κ3) is 2.76. The van der Waals surface area contributed by atoms with Crippen molar-refractivity contribution in [1.82, 2.24) is 4.90 Å². The van der Waals surface area contributed by atoms with Gasteiger partial charge < -0.3 is 0 Å². The number of amides is 1. The second-order valence-electron chi connectivity index (χ2n) is 4.39. The number of likely N-dealkylation sites (N-methyl/N-ethyl adjacent to an activating group) is 1. The first-order chi connectivity index (χ1) is 10.4. The summed E-state index contributed by atoms with van der Waals surface area (Å²) in [5, 5.41) is 0.563. The van der Waals surface area contributed by atoms with E-state index >= 15 is 0 Å². The van der Waals surface area contributed by atoms with Gasteiger partial charge in [-0.3, -0.25) is 14.5 Å². The molecule has 1 aromatic rings. The summed E-state index contributed by atoms with van der Waals surface area (Å²) in [7, 11) is 1.61. The Kier molecular flexibility index (Phi) is 4.93. The molecule has 0 radical (unpaired) electrons. The fourth-order valence-corrected chi connectivity index (χ4v) is 3.73. The number of fused-ring (bicyclic) bond motifs is 1. The average molecular weight is 354 g/mol. The molecule has 3 rings (SSSR count). The van der Waals surface area contributed by atoms with E-state index in [1.54, 1.807) is 19.2 Å². The first-order valence-corrected chi connectivity index (χ1v) is 7.57. The highest BCUT2D eigenvalue weighted by Gasteiger charge is 2.37. The molecule has 5 nitrogen and oxygen atoms in total. The van der Waals surface area contributed by atoms with E-state index in [1.165, 1.54) is 16.7 Å². The lowest BCUT2D eigenvalue weighted by Crippen LogP contribution is -2.22. The number of rotatable bonds is 0. The number of benzene rings is 1. The number of nitrogens with zero attached hydrogens (tertiary/aromatic N) is 1. The van der Waals surface area contributed by atoms with Crippen molar-refractivity contribution in [1.29, 1.82) is 0 Å². The minimum absolute atomic E-state index is 0.0722. The second kappa shape index (κ2) is 6.54. The molecule has 0 unspecified atom stereocenters. The van der Waals surface area contributed by atoms with Gasteiger partial charge >= 0.3 is 6.15 Å². The van der Waals surface area contributed by atoms with Crippen LogP contribution in [0.15, 0.2) is 23.1 Å². The van der Waals surface area contributed by atoms with Gasteiger partial charge in [0.05, 0.1) is 4.91 Å². The van der Waals surface area contributed by atoms with Crippen LogP contribution in [0.5, 0.6) is 0 Å². The van der Waals surface area contributed by atoms with Crippen LogP contribution in [-0.2, 0) is 25.6 Å². The lowest BCUT2D eigenvalue weighted by atomic mass is 10.1. The molecule has 8 heteroatoms. The predicted octanol–water partition coefficient (Wildman–Crippen LogP) is 2.08. The number of Topliss-reactive ketones (excluding diaryl/α,β-unsaturated/α-hetero) is 1. The zero-order valence-corrected chi connectivity index (χ0v) is 13.6. The second-order valence-corrected chi connectivity index (χ2v) is 6.44. The largest absolute Gasteiger partial charge is 0.373 e. The highest BCUT2D eigenvalue weighted by Crippen LogP contribution is 2.42. The number of hydrogen-bond acceptors (Lipinski definition) is 6. The van der Waals surface area contributed by atoms with E-state index in [0.717, 1.165) is 11.1 Å². The topological polar surface area (TPSA) is 71.5 Å². The molecule has 0 atom stereocenters. The molecule has 0 N–H and O–H groups in total.